The second-order valence-corrected chi connectivity index (χ2v) is 8.94. The van der Waals surface area contributed by atoms with Gasteiger partial charge in [-0.1, -0.05) is 19.3 Å². The summed E-state index contributed by atoms with van der Waals surface area (Å²) in [5.74, 6) is 2.01. The Kier molecular flexibility index (Phi) is 5.11. The van der Waals surface area contributed by atoms with Crippen molar-refractivity contribution in [3.05, 3.63) is 16.8 Å². The summed E-state index contributed by atoms with van der Waals surface area (Å²) in [4.78, 5) is 28.5. The van der Waals surface area contributed by atoms with Gasteiger partial charge < -0.3 is 9.80 Å². The number of thiophene rings is 1. The molecular weight excluding hydrogens is 344 g/mol. The van der Waals surface area contributed by atoms with Crippen LogP contribution in [0.15, 0.2) is 6.33 Å². The number of carbonyl (C=O) groups excluding carboxylic acids is 1. The van der Waals surface area contributed by atoms with E-state index in [1.54, 1.807) is 17.7 Å². The number of fused-ring (bicyclic) bond motifs is 1. The molecule has 0 N–H and O–H groups in total. The Morgan fingerprint density at radius 3 is 2.58 bits per heavy atom. The van der Waals surface area contributed by atoms with Crippen LogP contribution in [0.25, 0.3) is 10.2 Å². The van der Waals surface area contributed by atoms with Crippen LogP contribution in [0.4, 0.5) is 5.82 Å². The second-order valence-electron chi connectivity index (χ2n) is 7.74. The van der Waals surface area contributed by atoms with Crippen LogP contribution in [0.1, 0.15) is 49.0 Å². The molecule has 1 aliphatic heterocycles. The number of aryl methyl sites for hydroxylation is 2. The first kappa shape index (κ1) is 17.7. The molecule has 1 amide bonds. The third-order valence-corrected chi connectivity index (χ3v) is 7.18. The summed E-state index contributed by atoms with van der Waals surface area (Å²) in [6.07, 6.45) is 8.85. The van der Waals surface area contributed by atoms with Gasteiger partial charge >= 0.3 is 0 Å². The lowest BCUT2D eigenvalue weighted by Crippen LogP contribution is -2.49. The van der Waals surface area contributed by atoms with Crippen LogP contribution in [0.5, 0.6) is 0 Å². The Morgan fingerprint density at radius 2 is 1.85 bits per heavy atom. The van der Waals surface area contributed by atoms with E-state index in [0.29, 0.717) is 11.8 Å². The van der Waals surface area contributed by atoms with E-state index in [9.17, 15) is 4.79 Å². The lowest BCUT2D eigenvalue weighted by molar-refractivity contribution is -0.132. The summed E-state index contributed by atoms with van der Waals surface area (Å²) in [6.45, 7) is 7.63. The zero-order valence-electron chi connectivity index (χ0n) is 15.8. The highest BCUT2D eigenvalue weighted by Gasteiger charge is 2.26. The van der Waals surface area contributed by atoms with E-state index in [0.717, 1.165) is 43.2 Å². The van der Waals surface area contributed by atoms with Crippen LogP contribution in [0.2, 0.25) is 0 Å². The van der Waals surface area contributed by atoms with E-state index in [2.05, 4.69) is 33.6 Å². The summed E-state index contributed by atoms with van der Waals surface area (Å²) in [5, 5.41) is 1.19. The fourth-order valence-electron chi connectivity index (χ4n) is 4.34. The van der Waals surface area contributed by atoms with Crippen molar-refractivity contribution in [2.45, 2.75) is 52.4 Å². The zero-order chi connectivity index (χ0) is 18.1. The standard InChI is InChI=1S/C20H28N4OS/c1-14-15(2)26-20-18(14)19(21-13-22-20)24-10-8-23(9-11-24)17(25)12-16-6-4-3-5-7-16/h13,16H,3-12H2,1-2H3. The van der Waals surface area contributed by atoms with Gasteiger partial charge in [-0.15, -0.1) is 11.3 Å². The van der Waals surface area contributed by atoms with Crippen LogP contribution in [0.3, 0.4) is 0 Å². The lowest BCUT2D eigenvalue weighted by Gasteiger charge is -2.36. The SMILES string of the molecule is Cc1sc2ncnc(N3CCN(C(=O)CC4CCCCC4)CC3)c2c1C. The molecule has 6 heteroatoms. The summed E-state index contributed by atoms with van der Waals surface area (Å²) in [6, 6.07) is 0. The fraction of sp³-hybridized carbons (Fsp3) is 0.650. The molecule has 1 saturated carbocycles. The smallest absolute Gasteiger partial charge is 0.222 e. The maximum absolute atomic E-state index is 12.7. The average Bonchev–Trinajstić information content (AvgIpc) is 2.97. The van der Waals surface area contributed by atoms with Gasteiger partial charge in [-0.2, -0.15) is 0 Å². The molecule has 2 fully saturated rings. The summed E-state index contributed by atoms with van der Waals surface area (Å²) >= 11 is 1.74. The Hall–Kier alpha value is -1.69. The number of aromatic nitrogens is 2. The van der Waals surface area contributed by atoms with E-state index in [1.165, 1.54) is 47.9 Å². The highest BCUT2D eigenvalue weighted by molar-refractivity contribution is 7.18. The van der Waals surface area contributed by atoms with Crippen molar-refractivity contribution in [1.82, 2.24) is 14.9 Å². The molecule has 0 radical (unpaired) electrons. The second kappa shape index (κ2) is 7.51. The number of piperazine rings is 1. The van der Waals surface area contributed by atoms with Crippen molar-refractivity contribution in [3.63, 3.8) is 0 Å². The predicted octanol–water partition coefficient (Wildman–Crippen LogP) is 3.93. The van der Waals surface area contributed by atoms with E-state index in [-0.39, 0.29) is 0 Å². The van der Waals surface area contributed by atoms with Gasteiger partial charge in [0.1, 0.15) is 17.0 Å². The molecule has 0 bridgehead atoms. The molecular formula is C20H28N4OS. The quantitative estimate of drug-likeness (QED) is 0.819. The van der Waals surface area contributed by atoms with Crippen LogP contribution in [0, 0.1) is 19.8 Å². The first-order valence-corrected chi connectivity index (χ1v) is 10.7. The third kappa shape index (κ3) is 3.43. The molecule has 2 aromatic rings. The number of hydrogen-bond donors (Lipinski definition) is 0. The van der Waals surface area contributed by atoms with E-state index >= 15 is 0 Å². The minimum atomic E-state index is 0.354. The Balaban J connectivity index is 1.41. The van der Waals surface area contributed by atoms with Crippen molar-refractivity contribution in [3.8, 4) is 0 Å². The molecule has 0 aromatic carbocycles. The molecule has 0 atom stereocenters. The molecule has 1 aliphatic carbocycles. The van der Waals surface area contributed by atoms with Gasteiger partial charge in [0.2, 0.25) is 5.91 Å². The van der Waals surface area contributed by atoms with Gasteiger partial charge in [0.15, 0.2) is 0 Å². The summed E-state index contributed by atoms with van der Waals surface area (Å²) < 4.78 is 0. The van der Waals surface area contributed by atoms with Gasteiger partial charge in [0, 0.05) is 37.5 Å². The molecule has 2 aliphatic rings. The number of amides is 1. The molecule has 3 heterocycles. The first-order chi connectivity index (χ1) is 12.6. The van der Waals surface area contributed by atoms with Crippen molar-refractivity contribution in [1.29, 1.82) is 0 Å². The minimum absolute atomic E-state index is 0.354. The van der Waals surface area contributed by atoms with E-state index < -0.39 is 0 Å². The number of hydrogen-bond acceptors (Lipinski definition) is 5. The predicted molar refractivity (Wildman–Crippen MR) is 107 cm³/mol. The molecule has 140 valence electrons. The molecule has 26 heavy (non-hydrogen) atoms. The van der Waals surface area contributed by atoms with Gasteiger partial charge in [-0.05, 0) is 38.2 Å². The summed E-state index contributed by atoms with van der Waals surface area (Å²) in [7, 11) is 0. The highest BCUT2D eigenvalue weighted by Crippen LogP contribution is 2.34. The zero-order valence-corrected chi connectivity index (χ0v) is 16.6. The van der Waals surface area contributed by atoms with Gasteiger partial charge in [-0.25, -0.2) is 9.97 Å². The Labute approximate surface area is 159 Å². The largest absolute Gasteiger partial charge is 0.352 e. The maximum Gasteiger partial charge on any atom is 0.222 e. The van der Waals surface area contributed by atoms with Gasteiger partial charge in [-0.3, -0.25) is 4.79 Å². The normalized spacial score (nSPS) is 19.3. The first-order valence-electron chi connectivity index (χ1n) is 9.87. The monoisotopic (exact) mass is 372 g/mol. The van der Waals surface area contributed by atoms with E-state index in [1.807, 2.05) is 0 Å². The molecule has 0 spiro atoms. The lowest BCUT2D eigenvalue weighted by atomic mass is 9.86. The number of nitrogens with zero attached hydrogens (tertiary/aromatic N) is 4. The molecule has 4 rings (SSSR count). The maximum atomic E-state index is 12.7. The van der Waals surface area contributed by atoms with Gasteiger partial charge in [0.25, 0.3) is 0 Å². The third-order valence-electron chi connectivity index (χ3n) is 6.07. The number of rotatable bonds is 3. The van der Waals surface area contributed by atoms with Crippen LogP contribution < -0.4 is 4.90 Å². The number of anilines is 1. The van der Waals surface area contributed by atoms with Crippen molar-refractivity contribution < 1.29 is 4.79 Å². The fourth-order valence-corrected chi connectivity index (χ4v) is 5.33. The van der Waals surface area contributed by atoms with Crippen LogP contribution in [-0.4, -0.2) is 47.0 Å². The Morgan fingerprint density at radius 1 is 1.12 bits per heavy atom. The Bertz CT molecular complexity index is 788. The van der Waals surface area contributed by atoms with E-state index in [4.69, 9.17) is 0 Å². The van der Waals surface area contributed by atoms with Crippen molar-refractivity contribution in [2.75, 3.05) is 31.1 Å². The topological polar surface area (TPSA) is 49.3 Å². The summed E-state index contributed by atoms with van der Waals surface area (Å²) in [5.41, 5.74) is 1.29. The van der Waals surface area contributed by atoms with Gasteiger partial charge in [0.05, 0.1) is 5.39 Å². The van der Waals surface area contributed by atoms with Crippen LogP contribution in [-0.2, 0) is 4.79 Å². The molecule has 1 saturated heterocycles. The van der Waals surface area contributed by atoms with Crippen molar-refractivity contribution >= 4 is 33.3 Å². The molecule has 0 unspecified atom stereocenters. The molecule has 2 aromatic heterocycles. The van der Waals surface area contributed by atoms with Crippen molar-refractivity contribution in [2.24, 2.45) is 5.92 Å². The number of carbonyl (C=O) groups is 1. The minimum Gasteiger partial charge on any atom is -0.352 e. The average molecular weight is 373 g/mol. The van der Waals surface area contributed by atoms with Crippen LogP contribution >= 0.6 is 11.3 Å². The highest BCUT2D eigenvalue weighted by atomic mass is 32.1. The molecule has 5 nitrogen and oxygen atoms in total.